The highest BCUT2D eigenvalue weighted by Crippen LogP contribution is 2.33. The Hall–Kier alpha value is -3.86. The topological polar surface area (TPSA) is 68.5 Å². The summed E-state index contributed by atoms with van der Waals surface area (Å²) in [7, 11) is 0. The molecule has 0 aliphatic carbocycles. The molecule has 4 rings (SSSR count). The first-order valence-electron chi connectivity index (χ1n) is 12.2. The normalized spacial score (nSPS) is 10.9. The number of ketones is 1. The van der Waals surface area contributed by atoms with Crippen LogP contribution in [0.5, 0.6) is 5.75 Å². The van der Waals surface area contributed by atoms with E-state index < -0.39 is 0 Å². The number of fused-ring (bicyclic) bond motifs is 1. The predicted octanol–water partition coefficient (Wildman–Crippen LogP) is 7.57. The van der Waals surface area contributed by atoms with Crippen molar-refractivity contribution in [1.29, 1.82) is 0 Å². The molecule has 0 unspecified atom stereocenters. The Kier molecular flexibility index (Phi) is 7.99. The van der Waals surface area contributed by atoms with E-state index >= 15 is 0 Å². The molecule has 3 aromatic carbocycles. The third-order valence-electron chi connectivity index (χ3n) is 5.99. The van der Waals surface area contributed by atoms with Crippen LogP contribution in [0.2, 0.25) is 0 Å². The highest BCUT2D eigenvalue weighted by molar-refractivity contribution is 6.18. The average Bonchev–Trinajstić information content (AvgIpc) is 3.25. The lowest BCUT2D eigenvalue weighted by atomic mass is 10.1. The zero-order valence-corrected chi connectivity index (χ0v) is 20.3. The third-order valence-corrected chi connectivity index (χ3v) is 5.99. The Morgan fingerprint density at radius 3 is 2.26 bits per heavy atom. The number of nitrogens with one attached hydrogen (secondary N) is 1. The summed E-state index contributed by atoms with van der Waals surface area (Å²) in [4.78, 5) is 26.3. The number of benzene rings is 3. The van der Waals surface area contributed by atoms with Crippen molar-refractivity contribution in [1.82, 2.24) is 0 Å². The molecule has 0 saturated carbocycles. The number of unbranched alkanes of at least 4 members (excludes halogenated alkanes) is 4. The maximum absolute atomic E-state index is 13.2. The summed E-state index contributed by atoms with van der Waals surface area (Å²) in [5.74, 6) is 0.257. The Morgan fingerprint density at radius 1 is 0.829 bits per heavy atom. The van der Waals surface area contributed by atoms with Crippen molar-refractivity contribution in [2.45, 2.75) is 46.0 Å². The van der Waals surface area contributed by atoms with Gasteiger partial charge in [-0.25, -0.2) is 0 Å². The number of ether oxygens (including phenoxy) is 1. The van der Waals surface area contributed by atoms with Gasteiger partial charge in [-0.15, -0.1) is 0 Å². The summed E-state index contributed by atoms with van der Waals surface area (Å²) >= 11 is 0. The van der Waals surface area contributed by atoms with Crippen molar-refractivity contribution in [2.24, 2.45) is 0 Å². The monoisotopic (exact) mass is 469 g/mol. The zero-order valence-electron chi connectivity index (χ0n) is 20.3. The van der Waals surface area contributed by atoms with Crippen LogP contribution in [0.3, 0.4) is 0 Å². The molecule has 5 heteroatoms. The van der Waals surface area contributed by atoms with Gasteiger partial charge in [-0.2, -0.15) is 0 Å². The second-order valence-corrected chi connectivity index (χ2v) is 8.74. The van der Waals surface area contributed by atoms with Crippen molar-refractivity contribution < 1.29 is 18.7 Å². The van der Waals surface area contributed by atoms with Crippen molar-refractivity contribution in [3.63, 3.8) is 0 Å². The second-order valence-electron chi connectivity index (χ2n) is 8.74. The number of rotatable bonds is 11. The lowest BCUT2D eigenvalue weighted by molar-refractivity contribution is 0.101. The van der Waals surface area contributed by atoms with E-state index in [4.69, 9.17) is 9.15 Å². The van der Waals surface area contributed by atoms with Gasteiger partial charge in [0.05, 0.1) is 12.3 Å². The summed E-state index contributed by atoms with van der Waals surface area (Å²) < 4.78 is 11.7. The minimum Gasteiger partial charge on any atom is -0.494 e. The van der Waals surface area contributed by atoms with E-state index in [0.29, 0.717) is 34.4 Å². The van der Waals surface area contributed by atoms with Gasteiger partial charge in [-0.1, -0.05) is 74.6 Å². The van der Waals surface area contributed by atoms with Crippen LogP contribution in [0.1, 0.15) is 71.1 Å². The summed E-state index contributed by atoms with van der Waals surface area (Å²) in [5, 5.41) is 3.59. The van der Waals surface area contributed by atoms with Crippen molar-refractivity contribution in [3.05, 3.63) is 95.2 Å². The van der Waals surface area contributed by atoms with E-state index in [-0.39, 0.29) is 17.5 Å². The van der Waals surface area contributed by atoms with Crippen LogP contribution in [-0.4, -0.2) is 18.3 Å². The van der Waals surface area contributed by atoms with Gasteiger partial charge in [0.1, 0.15) is 11.3 Å². The molecule has 5 nitrogen and oxygen atoms in total. The fourth-order valence-corrected chi connectivity index (χ4v) is 3.95. The molecule has 180 valence electrons. The van der Waals surface area contributed by atoms with Crippen LogP contribution in [0.25, 0.3) is 11.0 Å². The number of carbonyl (C=O) groups is 2. The van der Waals surface area contributed by atoms with Gasteiger partial charge in [0, 0.05) is 16.5 Å². The van der Waals surface area contributed by atoms with Gasteiger partial charge in [-0.05, 0) is 49.7 Å². The van der Waals surface area contributed by atoms with Crippen molar-refractivity contribution in [2.75, 3.05) is 11.9 Å². The van der Waals surface area contributed by atoms with Crippen LogP contribution in [-0.2, 0) is 0 Å². The number of aryl methyl sites for hydroxylation is 1. The maximum Gasteiger partial charge on any atom is 0.255 e. The van der Waals surface area contributed by atoms with Gasteiger partial charge in [-0.3, -0.25) is 9.59 Å². The molecule has 1 amide bonds. The fourth-order valence-electron chi connectivity index (χ4n) is 3.95. The lowest BCUT2D eigenvalue weighted by Crippen LogP contribution is -2.14. The van der Waals surface area contributed by atoms with Gasteiger partial charge < -0.3 is 14.5 Å². The molecule has 0 aliphatic heterocycles. The number of furan rings is 1. The molecular weight excluding hydrogens is 438 g/mol. The third kappa shape index (κ3) is 5.99. The molecule has 0 radical (unpaired) electrons. The molecule has 35 heavy (non-hydrogen) atoms. The molecule has 1 N–H and O–H groups in total. The number of amides is 1. The van der Waals surface area contributed by atoms with Crippen LogP contribution in [0, 0.1) is 6.92 Å². The first kappa shape index (κ1) is 24.3. The van der Waals surface area contributed by atoms with E-state index in [9.17, 15) is 9.59 Å². The molecule has 0 spiro atoms. The molecule has 0 atom stereocenters. The summed E-state index contributed by atoms with van der Waals surface area (Å²) in [6.45, 7) is 4.83. The fraction of sp³-hybridized carbons (Fsp3) is 0.267. The number of hydrogen-bond acceptors (Lipinski definition) is 4. The number of anilines is 1. The standard InChI is InChI=1S/C30H31NO4/c1-3-4-5-6-9-20-34-24-18-16-23(17-19-24)30(33)31-27-25-10-7-8-11-26(25)35-29(27)28(32)22-14-12-21(2)13-15-22/h7-8,10-19H,3-6,9,20H2,1-2H3,(H,31,33). The second kappa shape index (κ2) is 11.5. The Labute approximate surface area is 206 Å². The largest absolute Gasteiger partial charge is 0.494 e. The Bertz CT molecular complexity index is 1290. The summed E-state index contributed by atoms with van der Waals surface area (Å²) in [5.41, 5.74) is 2.95. The maximum atomic E-state index is 13.2. The first-order valence-corrected chi connectivity index (χ1v) is 12.2. The lowest BCUT2D eigenvalue weighted by Gasteiger charge is -2.09. The van der Waals surface area contributed by atoms with E-state index in [1.807, 2.05) is 37.3 Å². The van der Waals surface area contributed by atoms with Gasteiger partial charge in [0.2, 0.25) is 5.78 Å². The summed E-state index contributed by atoms with van der Waals surface area (Å²) in [6.07, 6.45) is 5.90. The predicted molar refractivity (Wildman–Crippen MR) is 139 cm³/mol. The zero-order chi connectivity index (χ0) is 24.6. The molecule has 0 fully saturated rings. The highest BCUT2D eigenvalue weighted by Gasteiger charge is 2.23. The van der Waals surface area contributed by atoms with E-state index in [1.165, 1.54) is 19.3 Å². The van der Waals surface area contributed by atoms with Crippen LogP contribution >= 0.6 is 0 Å². The highest BCUT2D eigenvalue weighted by atomic mass is 16.5. The van der Waals surface area contributed by atoms with E-state index in [1.54, 1.807) is 42.5 Å². The molecule has 1 aromatic heterocycles. The minimum atomic E-state index is -0.319. The average molecular weight is 470 g/mol. The smallest absolute Gasteiger partial charge is 0.255 e. The molecular formula is C30H31NO4. The molecule has 4 aromatic rings. The van der Waals surface area contributed by atoms with Gasteiger partial charge >= 0.3 is 0 Å². The van der Waals surface area contributed by atoms with Crippen LogP contribution in [0.15, 0.2) is 77.2 Å². The van der Waals surface area contributed by atoms with E-state index in [2.05, 4.69) is 12.2 Å². The van der Waals surface area contributed by atoms with Crippen LogP contribution < -0.4 is 10.1 Å². The Morgan fingerprint density at radius 2 is 1.51 bits per heavy atom. The van der Waals surface area contributed by atoms with Crippen molar-refractivity contribution in [3.8, 4) is 5.75 Å². The molecule has 1 heterocycles. The quantitative estimate of drug-likeness (QED) is 0.182. The SMILES string of the molecule is CCCCCCCOc1ccc(C(=O)Nc2c(C(=O)c3ccc(C)cc3)oc3ccccc23)cc1. The number of para-hydroxylation sites is 1. The van der Waals surface area contributed by atoms with E-state index in [0.717, 1.165) is 24.2 Å². The number of hydrogen-bond donors (Lipinski definition) is 1. The van der Waals surface area contributed by atoms with Crippen molar-refractivity contribution >= 4 is 28.3 Å². The molecule has 0 aliphatic rings. The minimum absolute atomic E-state index is 0.117. The van der Waals surface area contributed by atoms with Crippen LogP contribution in [0.4, 0.5) is 5.69 Å². The first-order chi connectivity index (χ1) is 17.1. The van der Waals surface area contributed by atoms with Gasteiger partial charge in [0.25, 0.3) is 5.91 Å². The van der Waals surface area contributed by atoms with Gasteiger partial charge in [0.15, 0.2) is 5.76 Å². The number of carbonyl (C=O) groups excluding carboxylic acids is 2. The molecule has 0 bridgehead atoms. The summed E-state index contributed by atoms with van der Waals surface area (Å²) in [6, 6.07) is 21.6. The Balaban J connectivity index is 1.49. The molecule has 0 saturated heterocycles.